The molecule has 2 aromatic carbocycles. The number of carbonyl (C=O) groups excluding carboxylic acids is 1. The van der Waals surface area contributed by atoms with Gasteiger partial charge in [0.1, 0.15) is 11.9 Å². The van der Waals surface area contributed by atoms with Gasteiger partial charge in [0, 0.05) is 13.6 Å². The predicted molar refractivity (Wildman–Crippen MR) is 85.3 cm³/mol. The Hall–Kier alpha value is -2.59. The maximum absolute atomic E-state index is 11.5. The van der Waals surface area contributed by atoms with E-state index in [1.807, 2.05) is 30.3 Å². The maximum Gasteiger partial charge on any atom is 0.245 e. The Balaban J connectivity index is 2.27. The lowest BCUT2D eigenvalue weighted by atomic mass is 9.99. The number of aliphatic hydroxyl groups excluding tert-OH is 1. The molecule has 2 aromatic rings. The first-order valence-corrected chi connectivity index (χ1v) is 6.94. The Kier molecular flexibility index (Phi) is 4.96. The summed E-state index contributed by atoms with van der Waals surface area (Å²) in [5.41, 5.74) is 2.07. The van der Waals surface area contributed by atoms with Gasteiger partial charge in [0.05, 0.1) is 0 Å². The second-order valence-electron chi connectivity index (χ2n) is 5.14. The molecule has 4 nitrogen and oxygen atoms in total. The van der Waals surface area contributed by atoms with E-state index in [1.165, 1.54) is 17.0 Å². The van der Waals surface area contributed by atoms with Gasteiger partial charge in [-0.25, -0.2) is 0 Å². The Morgan fingerprint density at radius 3 is 2.55 bits per heavy atom. The van der Waals surface area contributed by atoms with E-state index in [-0.39, 0.29) is 11.7 Å². The average Bonchev–Trinajstić information content (AvgIpc) is 2.53. The van der Waals surface area contributed by atoms with Crippen molar-refractivity contribution in [1.29, 1.82) is 0 Å². The molecule has 0 spiro atoms. The van der Waals surface area contributed by atoms with E-state index in [0.717, 1.165) is 11.1 Å². The number of hydrogen-bond acceptors (Lipinski definition) is 3. The van der Waals surface area contributed by atoms with Crippen molar-refractivity contribution < 1.29 is 15.0 Å². The molecule has 1 atom stereocenters. The molecule has 0 fully saturated rings. The monoisotopic (exact) mass is 297 g/mol. The quantitative estimate of drug-likeness (QED) is 0.834. The zero-order chi connectivity index (χ0) is 16.1. The van der Waals surface area contributed by atoms with E-state index in [2.05, 4.69) is 6.58 Å². The highest BCUT2D eigenvalue weighted by Crippen LogP contribution is 2.26. The highest BCUT2D eigenvalue weighted by atomic mass is 16.3. The first kappa shape index (κ1) is 15.8. The fourth-order valence-corrected chi connectivity index (χ4v) is 2.28. The van der Waals surface area contributed by atoms with Crippen LogP contribution in [0.1, 0.15) is 22.8 Å². The lowest BCUT2D eigenvalue weighted by Crippen LogP contribution is -2.24. The van der Waals surface area contributed by atoms with Crippen LogP contribution in [0.3, 0.4) is 0 Å². The van der Waals surface area contributed by atoms with Crippen molar-refractivity contribution in [3.63, 3.8) is 0 Å². The molecule has 0 saturated heterocycles. The van der Waals surface area contributed by atoms with Gasteiger partial charge in [-0.3, -0.25) is 4.79 Å². The second-order valence-corrected chi connectivity index (χ2v) is 5.14. The van der Waals surface area contributed by atoms with E-state index < -0.39 is 6.10 Å². The van der Waals surface area contributed by atoms with Crippen LogP contribution in [0, 0.1) is 0 Å². The van der Waals surface area contributed by atoms with Crippen molar-refractivity contribution in [3.05, 3.63) is 77.9 Å². The summed E-state index contributed by atoms with van der Waals surface area (Å²) in [5.74, 6) is -0.143. The molecule has 0 aromatic heterocycles. The molecule has 4 heteroatoms. The van der Waals surface area contributed by atoms with E-state index in [4.69, 9.17) is 0 Å². The molecule has 2 rings (SSSR count). The zero-order valence-electron chi connectivity index (χ0n) is 12.4. The number of aliphatic hydroxyl groups is 1. The fraction of sp³-hybridized carbons (Fsp3) is 0.167. The van der Waals surface area contributed by atoms with Crippen molar-refractivity contribution in [2.24, 2.45) is 0 Å². The smallest absolute Gasteiger partial charge is 0.245 e. The predicted octanol–water partition coefficient (Wildman–Crippen LogP) is 2.62. The summed E-state index contributed by atoms with van der Waals surface area (Å²) in [7, 11) is 1.65. The van der Waals surface area contributed by atoms with Crippen molar-refractivity contribution in [1.82, 2.24) is 4.90 Å². The number of hydrogen-bond donors (Lipinski definition) is 2. The Morgan fingerprint density at radius 1 is 1.23 bits per heavy atom. The summed E-state index contributed by atoms with van der Waals surface area (Å²) < 4.78 is 0. The summed E-state index contributed by atoms with van der Waals surface area (Å²) in [6, 6.07) is 14.1. The molecular formula is C18H19NO3. The van der Waals surface area contributed by atoms with Crippen molar-refractivity contribution in [3.8, 4) is 5.75 Å². The maximum atomic E-state index is 11.5. The van der Waals surface area contributed by atoms with Crippen LogP contribution in [-0.2, 0) is 11.3 Å². The van der Waals surface area contributed by atoms with Gasteiger partial charge in [-0.05, 0) is 34.9 Å². The summed E-state index contributed by atoms with van der Waals surface area (Å²) in [6.07, 6.45) is 0.412. The van der Waals surface area contributed by atoms with Crippen molar-refractivity contribution in [2.75, 3.05) is 7.05 Å². The van der Waals surface area contributed by atoms with Crippen LogP contribution in [0.2, 0.25) is 0 Å². The molecule has 0 aliphatic heterocycles. The molecule has 114 valence electrons. The molecule has 0 heterocycles. The van der Waals surface area contributed by atoms with Crippen LogP contribution < -0.4 is 0 Å². The van der Waals surface area contributed by atoms with E-state index in [9.17, 15) is 15.0 Å². The van der Waals surface area contributed by atoms with Crippen LogP contribution in [0.15, 0.2) is 61.2 Å². The van der Waals surface area contributed by atoms with E-state index >= 15 is 0 Å². The first-order chi connectivity index (χ1) is 10.5. The van der Waals surface area contributed by atoms with Crippen LogP contribution in [0.25, 0.3) is 0 Å². The van der Waals surface area contributed by atoms with E-state index in [0.29, 0.717) is 12.1 Å². The third-order valence-electron chi connectivity index (χ3n) is 3.40. The Morgan fingerprint density at radius 2 is 1.91 bits per heavy atom. The van der Waals surface area contributed by atoms with Gasteiger partial charge in [0.2, 0.25) is 5.91 Å². The number of amides is 1. The number of nitrogens with zero attached hydrogens (tertiary/aromatic N) is 1. The standard InChI is InChI=1S/C18H19NO3/c1-3-17(21)19(2)12-13-9-15(11-16(20)10-13)18(22)14-7-5-4-6-8-14/h3-11,18,20,22H,1,12H2,2H3. The van der Waals surface area contributed by atoms with Gasteiger partial charge >= 0.3 is 0 Å². The largest absolute Gasteiger partial charge is 0.508 e. The summed E-state index contributed by atoms with van der Waals surface area (Å²) in [6.45, 7) is 3.77. The average molecular weight is 297 g/mol. The van der Waals surface area contributed by atoms with Gasteiger partial charge in [0.25, 0.3) is 0 Å². The van der Waals surface area contributed by atoms with Crippen LogP contribution in [0.5, 0.6) is 5.75 Å². The molecule has 0 saturated carbocycles. The summed E-state index contributed by atoms with van der Waals surface area (Å²) in [4.78, 5) is 13.0. The van der Waals surface area contributed by atoms with Gasteiger partial charge in [-0.1, -0.05) is 43.0 Å². The minimum atomic E-state index is -0.826. The highest BCUT2D eigenvalue weighted by molar-refractivity contribution is 5.86. The molecule has 0 radical (unpaired) electrons. The molecule has 1 unspecified atom stereocenters. The molecule has 22 heavy (non-hydrogen) atoms. The van der Waals surface area contributed by atoms with Crippen LogP contribution in [-0.4, -0.2) is 28.1 Å². The first-order valence-electron chi connectivity index (χ1n) is 6.94. The molecular weight excluding hydrogens is 278 g/mol. The van der Waals surface area contributed by atoms with Crippen molar-refractivity contribution in [2.45, 2.75) is 12.6 Å². The number of likely N-dealkylation sites (N-methyl/N-ethyl adjacent to an activating group) is 1. The molecule has 0 bridgehead atoms. The normalized spacial score (nSPS) is 11.7. The lowest BCUT2D eigenvalue weighted by Gasteiger charge is -2.18. The Labute approximate surface area is 129 Å². The number of carbonyl (C=O) groups is 1. The Bertz CT molecular complexity index is 667. The molecule has 0 aliphatic rings. The van der Waals surface area contributed by atoms with Crippen molar-refractivity contribution >= 4 is 5.91 Å². The highest BCUT2D eigenvalue weighted by Gasteiger charge is 2.13. The molecule has 2 N–H and O–H groups in total. The van der Waals surface area contributed by atoms with Gasteiger partial charge in [-0.2, -0.15) is 0 Å². The van der Waals surface area contributed by atoms with Crippen LogP contribution in [0.4, 0.5) is 0 Å². The number of rotatable bonds is 5. The topological polar surface area (TPSA) is 60.8 Å². The van der Waals surface area contributed by atoms with Gasteiger partial charge in [0.15, 0.2) is 0 Å². The summed E-state index contributed by atoms with van der Waals surface area (Å²) >= 11 is 0. The molecule has 0 aliphatic carbocycles. The molecule has 1 amide bonds. The number of phenolic OH excluding ortho intramolecular Hbond substituents is 1. The number of phenols is 1. The van der Waals surface area contributed by atoms with Gasteiger partial charge in [-0.15, -0.1) is 0 Å². The van der Waals surface area contributed by atoms with Crippen LogP contribution >= 0.6 is 0 Å². The number of aromatic hydroxyl groups is 1. The fourth-order valence-electron chi connectivity index (χ4n) is 2.28. The number of benzene rings is 2. The van der Waals surface area contributed by atoms with Gasteiger partial charge < -0.3 is 15.1 Å². The SMILES string of the molecule is C=CC(=O)N(C)Cc1cc(O)cc(C(O)c2ccccc2)c1. The third-order valence-corrected chi connectivity index (χ3v) is 3.40. The second kappa shape index (κ2) is 6.91. The van der Waals surface area contributed by atoms with E-state index in [1.54, 1.807) is 19.2 Å². The summed E-state index contributed by atoms with van der Waals surface area (Å²) in [5, 5.41) is 20.3. The minimum Gasteiger partial charge on any atom is -0.508 e. The lowest BCUT2D eigenvalue weighted by molar-refractivity contribution is -0.125. The zero-order valence-corrected chi connectivity index (χ0v) is 12.4. The third kappa shape index (κ3) is 3.74. The minimum absolute atomic E-state index is 0.0573.